The molecule has 1 unspecified atom stereocenters. The van der Waals surface area contributed by atoms with Crippen LogP contribution in [0.2, 0.25) is 5.02 Å². The fourth-order valence-corrected chi connectivity index (χ4v) is 2.79. The van der Waals surface area contributed by atoms with Crippen molar-refractivity contribution in [3.05, 3.63) is 28.8 Å². The van der Waals surface area contributed by atoms with Gasteiger partial charge in [0.15, 0.2) is 0 Å². The molecule has 1 amide bonds. The molecule has 0 aromatic heterocycles. The van der Waals surface area contributed by atoms with Crippen LogP contribution in [0.1, 0.15) is 18.4 Å². The molecular formula is C15H22ClN3O. The van der Waals surface area contributed by atoms with Gasteiger partial charge < -0.3 is 16.0 Å². The lowest BCUT2D eigenvalue weighted by Gasteiger charge is -2.21. The Bertz CT molecular complexity index is 478. The third-order valence-electron chi connectivity index (χ3n) is 3.76. The Hall–Kier alpha value is -1.26. The molecule has 1 atom stereocenters. The summed E-state index contributed by atoms with van der Waals surface area (Å²) >= 11 is 6.07. The zero-order valence-corrected chi connectivity index (χ0v) is 12.6. The van der Waals surface area contributed by atoms with Gasteiger partial charge in [-0.3, -0.25) is 4.79 Å². The molecule has 1 heterocycles. The molecule has 110 valence electrons. The first-order valence-electron chi connectivity index (χ1n) is 7.08. The molecule has 0 spiro atoms. The zero-order valence-electron chi connectivity index (χ0n) is 11.9. The maximum atomic E-state index is 11.4. The lowest BCUT2D eigenvalue weighted by molar-refractivity contribution is -0.121. The number of carbonyl (C=O) groups excluding carboxylic acids is 1. The molecule has 4 nitrogen and oxygen atoms in total. The van der Waals surface area contributed by atoms with Gasteiger partial charge in [-0.2, -0.15) is 0 Å². The molecule has 2 rings (SSSR count). The Balaban J connectivity index is 1.89. The highest BCUT2D eigenvalue weighted by atomic mass is 35.5. The summed E-state index contributed by atoms with van der Waals surface area (Å²) in [6, 6.07) is 5.99. The summed E-state index contributed by atoms with van der Waals surface area (Å²) < 4.78 is 0. The molecule has 1 aromatic carbocycles. The van der Waals surface area contributed by atoms with E-state index in [1.807, 2.05) is 18.2 Å². The Morgan fingerprint density at radius 3 is 3.10 bits per heavy atom. The van der Waals surface area contributed by atoms with Crippen molar-refractivity contribution in [2.45, 2.75) is 19.8 Å². The average molecular weight is 296 g/mol. The van der Waals surface area contributed by atoms with Gasteiger partial charge in [-0.15, -0.1) is 0 Å². The molecular weight excluding hydrogens is 274 g/mol. The number of hydrogen-bond acceptors (Lipinski definition) is 3. The fraction of sp³-hybridized carbons (Fsp3) is 0.533. The third kappa shape index (κ3) is 3.87. The van der Waals surface area contributed by atoms with Crippen LogP contribution >= 0.6 is 11.6 Å². The number of rotatable bonds is 5. The first-order valence-corrected chi connectivity index (χ1v) is 7.46. The number of halogens is 1. The topological polar surface area (TPSA) is 58.4 Å². The van der Waals surface area contributed by atoms with E-state index in [1.165, 1.54) is 11.3 Å². The van der Waals surface area contributed by atoms with Gasteiger partial charge in [0.2, 0.25) is 5.91 Å². The Kier molecular flexibility index (Phi) is 5.26. The number of carbonyl (C=O) groups is 1. The molecule has 1 aliphatic heterocycles. The largest absolute Gasteiger partial charge is 0.371 e. The van der Waals surface area contributed by atoms with Crippen molar-refractivity contribution in [3.8, 4) is 0 Å². The highest BCUT2D eigenvalue weighted by molar-refractivity contribution is 6.30. The van der Waals surface area contributed by atoms with Crippen molar-refractivity contribution in [1.82, 2.24) is 5.32 Å². The second kappa shape index (κ2) is 6.95. The van der Waals surface area contributed by atoms with Crippen molar-refractivity contribution in [3.63, 3.8) is 0 Å². The van der Waals surface area contributed by atoms with Crippen LogP contribution in [0.25, 0.3) is 0 Å². The van der Waals surface area contributed by atoms with Gasteiger partial charge in [0.1, 0.15) is 0 Å². The number of nitrogens with one attached hydrogen (secondary N) is 1. The monoisotopic (exact) mass is 295 g/mol. The van der Waals surface area contributed by atoms with Gasteiger partial charge in [-0.05, 0) is 37.0 Å². The number of nitrogens with zero attached hydrogens (tertiary/aromatic N) is 1. The second-order valence-corrected chi connectivity index (χ2v) is 5.81. The Morgan fingerprint density at radius 2 is 2.35 bits per heavy atom. The van der Waals surface area contributed by atoms with E-state index in [2.05, 4.69) is 17.1 Å². The van der Waals surface area contributed by atoms with Crippen molar-refractivity contribution >= 4 is 23.2 Å². The first kappa shape index (κ1) is 15.1. The summed E-state index contributed by atoms with van der Waals surface area (Å²) in [5.41, 5.74) is 7.80. The van der Waals surface area contributed by atoms with Crippen LogP contribution in [0.3, 0.4) is 0 Å². The van der Waals surface area contributed by atoms with Crippen molar-refractivity contribution < 1.29 is 4.79 Å². The van der Waals surface area contributed by atoms with E-state index < -0.39 is 0 Å². The lowest BCUT2D eigenvalue weighted by atomic mass is 10.1. The summed E-state index contributed by atoms with van der Waals surface area (Å²) in [6.07, 6.45) is 1.50. The van der Waals surface area contributed by atoms with Gasteiger partial charge in [-0.25, -0.2) is 0 Å². The highest BCUT2D eigenvalue weighted by Gasteiger charge is 2.24. The Labute approximate surface area is 125 Å². The van der Waals surface area contributed by atoms with Crippen LogP contribution in [0.5, 0.6) is 0 Å². The van der Waals surface area contributed by atoms with Crippen LogP contribution in [0.4, 0.5) is 5.69 Å². The van der Waals surface area contributed by atoms with Gasteiger partial charge in [0.25, 0.3) is 0 Å². The number of anilines is 1. The minimum absolute atomic E-state index is 0.0462. The molecule has 1 fully saturated rings. The summed E-state index contributed by atoms with van der Waals surface area (Å²) in [7, 11) is 0. The predicted molar refractivity (Wildman–Crippen MR) is 83.2 cm³/mol. The molecule has 20 heavy (non-hydrogen) atoms. The second-order valence-electron chi connectivity index (χ2n) is 5.37. The number of hydrogen-bond donors (Lipinski definition) is 2. The predicted octanol–water partition coefficient (Wildman–Crippen LogP) is 1.94. The van der Waals surface area contributed by atoms with E-state index in [4.69, 9.17) is 17.3 Å². The zero-order chi connectivity index (χ0) is 14.5. The molecule has 1 aromatic rings. The van der Waals surface area contributed by atoms with E-state index in [0.717, 1.165) is 31.1 Å². The van der Waals surface area contributed by atoms with E-state index in [-0.39, 0.29) is 5.91 Å². The van der Waals surface area contributed by atoms with Gasteiger partial charge in [0, 0.05) is 43.3 Å². The third-order valence-corrected chi connectivity index (χ3v) is 3.99. The van der Waals surface area contributed by atoms with Crippen molar-refractivity contribution in [2.75, 3.05) is 31.1 Å². The van der Waals surface area contributed by atoms with Gasteiger partial charge >= 0.3 is 0 Å². The van der Waals surface area contributed by atoms with E-state index in [1.54, 1.807) is 0 Å². The van der Waals surface area contributed by atoms with Gasteiger partial charge in [0.05, 0.1) is 0 Å². The van der Waals surface area contributed by atoms with Crippen molar-refractivity contribution in [1.29, 1.82) is 0 Å². The number of amides is 1. The molecule has 0 bridgehead atoms. The SMILES string of the molecule is Cc1ccc(Cl)cc1N1CCC(CNC(=O)CCN)C1. The van der Waals surface area contributed by atoms with Crippen LogP contribution < -0.4 is 16.0 Å². The quantitative estimate of drug-likeness (QED) is 0.873. The minimum Gasteiger partial charge on any atom is -0.371 e. The van der Waals surface area contributed by atoms with Crippen LogP contribution in [0, 0.1) is 12.8 Å². The number of benzene rings is 1. The first-order chi connectivity index (χ1) is 9.60. The average Bonchev–Trinajstić information content (AvgIpc) is 2.88. The fourth-order valence-electron chi connectivity index (χ4n) is 2.62. The molecule has 1 aliphatic rings. The standard InChI is InChI=1S/C15H22ClN3O/c1-11-2-3-13(16)8-14(11)19-7-5-12(10-19)9-18-15(20)4-6-17/h2-3,8,12H,4-7,9-10,17H2,1H3,(H,18,20). The highest BCUT2D eigenvalue weighted by Crippen LogP contribution is 2.29. The van der Waals surface area contributed by atoms with E-state index in [9.17, 15) is 4.79 Å². The lowest BCUT2D eigenvalue weighted by Crippen LogP contribution is -2.32. The molecule has 0 aliphatic carbocycles. The molecule has 1 saturated heterocycles. The Morgan fingerprint density at radius 1 is 1.55 bits per heavy atom. The maximum absolute atomic E-state index is 11.4. The summed E-state index contributed by atoms with van der Waals surface area (Å²) in [4.78, 5) is 13.8. The minimum atomic E-state index is 0.0462. The molecule has 0 radical (unpaired) electrons. The normalized spacial score (nSPS) is 18.4. The van der Waals surface area contributed by atoms with Crippen LogP contribution in [-0.2, 0) is 4.79 Å². The molecule has 3 N–H and O–H groups in total. The molecule has 0 saturated carbocycles. The maximum Gasteiger partial charge on any atom is 0.221 e. The summed E-state index contributed by atoms with van der Waals surface area (Å²) in [5.74, 6) is 0.542. The smallest absolute Gasteiger partial charge is 0.221 e. The summed E-state index contributed by atoms with van der Waals surface area (Å²) in [6.45, 7) is 5.21. The van der Waals surface area contributed by atoms with E-state index >= 15 is 0 Å². The van der Waals surface area contributed by atoms with E-state index in [0.29, 0.717) is 18.9 Å². The summed E-state index contributed by atoms with van der Waals surface area (Å²) in [5, 5.41) is 3.72. The van der Waals surface area contributed by atoms with Gasteiger partial charge in [-0.1, -0.05) is 17.7 Å². The number of aryl methyl sites for hydroxylation is 1. The van der Waals surface area contributed by atoms with Crippen LogP contribution in [-0.4, -0.2) is 32.1 Å². The number of nitrogens with two attached hydrogens (primary N) is 1. The van der Waals surface area contributed by atoms with Crippen LogP contribution in [0.15, 0.2) is 18.2 Å². The molecule has 5 heteroatoms. The van der Waals surface area contributed by atoms with Crippen molar-refractivity contribution in [2.24, 2.45) is 11.7 Å².